The van der Waals surface area contributed by atoms with Gasteiger partial charge in [-0.05, 0) is 18.2 Å². The molecule has 0 fully saturated rings. The molecule has 82 valence electrons. The van der Waals surface area contributed by atoms with Crippen LogP contribution in [-0.2, 0) is 0 Å². The first-order chi connectivity index (χ1) is 7.72. The van der Waals surface area contributed by atoms with E-state index in [1.54, 1.807) is 24.3 Å². The topological polar surface area (TPSA) is 9.23 Å². The maximum absolute atomic E-state index is 13.7. The highest BCUT2D eigenvalue weighted by Crippen LogP contribution is 2.27. The molecule has 0 unspecified atom stereocenters. The molecule has 0 aliphatic heterocycles. The van der Waals surface area contributed by atoms with Crippen molar-refractivity contribution in [2.45, 2.75) is 0 Å². The van der Waals surface area contributed by atoms with Gasteiger partial charge in [0.2, 0.25) is 0 Å². The zero-order valence-electron chi connectivity index (χ0n) is 8.71. The van der Waals surface area contributed by atoms with Crippen LogP contribution in [0.5, 0.6) is 5.75 Å². The molecular formula is C13H10F2O. The Labute approximate surface area is 92.3 Å². The van der Waals surface area contributed by atoms with Gasteiger partial charge in [0.15, 0.2) is 0 Å². The van der Waals surface area contributed by atoms with Gasteiger partial charge in [-0.25, -0.2) is 8.78 Å². The molecule has 0 aliphatic rings. The normalized spacial score (nSPS) is 10.2. The Kier molecular flexibility index (Phi) is 2.86. The van der Waals surface area contributed by atoms with Crippen LogP contribution in [0.4, 0.5) is 8.78 Å². The molecule has 0 amide bonds. The van der Waals surface area contributed by atoms with Gasteiger partial charge in [0, 0.05) is 17.2 Å². The Morgan fingerprint density at radius 3 is 2.19 bits per heavy atom. The van der Waals surface area contributed by atoms with E-state index < -0.39 is 11.6 Å². The van der Waals surface area contributed by atoms with Crippen molar-refractivity contribution in [3.8, 4) is 16.9 Å². The van der Waals surface area contributed by atoms with E-state index in [9.17, 15) is 8.78 Å². The number of ether oxygens (including phenoxy) is 1. The molecule has 0 spiro atoms. The first-order valence-electron chi connectivity index (χ1n) is 4.81. The summed E-state index contributed by atoms with van der Waals surface area (Å²) >= 11 is 0. The summed E-state index contributed by atoms with van der Waals surface area (Å²) in [5.74, 6) is -0.520. The molecular weight excluding hydrogens is 210 g/mol. The summed E-state index contributed by atoms with van der Waals surface area (Å²) in [6.07, 6.45) is 0. The highest BCUT2D eigenvalue weighted by atomic mass is 19.1. The Hall–Kier alpha value is -1.90. The smallest absolute Gasteiger partial charge is 0.134 e. The lowest BCUT2D eigenvalue weighted by atomic mass is 10.0. The second-order valence-electron chi connectivity index (χ2n) is 3.33. The van der Waals surface area contributed by atoms with Gasteiger partial charge in [-0.1, -0.05) is 18.2 Å². The summed E-state index contributed by atoms with van der Waals surface area (Å²) < 4.78 is 32.0. The maximum Gasteiger partial charge on any atom is 0.134 e. The van der Waals surface area contributed by atoms with Crippen LogP contribution in [0.2, 0.25) is 0 Å². The van der Waals surface area contributed by atoms with Crippen molar-refractivity contribution in [3.63, 3.8) is 0 Å². The molecule has 16 heavy (non-hydrogen) atoms. The van der Waals surface area contributed by atoms with Crippen molar-refractivity contribution in [1.82, 2.24) is 0 Å². The van der Waals surface area contributed by atoms with Crippen LogP contribution in [0, 0.1) is 11.6 Å². The number of rotatable bonds is 2. The van der Waals surface area contributed by atoms with Crippen LogP contribution in [-0.4, -0.2) is 7.11 Å². The van der Waals surface area contributed by atoms with Gasteiger partial charge in [-0.2, -0.15) is 0 Å². The molecule has 3 heteroatoms. The zero-order valence-corrected chi connectivity index (χ0v) is 8.71. The SMILES string of the molecule is COc1ccc(-c2ccccc2F)c(F)c1. The van der Waals surface area contributed by atoms with E-state index in [2.05, 4.69) is 0 Å². The maximum atomic E-state index is 13.7. The van der Waals surface area contributed by atoms with Crippen molar-refractivity contribution in [3.05, 3.63) is 54.1 Å². The van der Waals surface area contributed by atoms with Crippen LogP contribution in [0.15, 0.2) is 42.5 Å². The van der Waals surface area contributed by atoms with E-state index in [4.69, 9.17) is 4.74 Å². The molecule has 0 heterocycles. The minimum Gasteiger partial charge on any atom is -0.497 e. The lowest BCUT2D eigenvalue weighted by Crippen LogP contribution is -1.90. The van der Waals surface area contributed by atoms with Crippen LogP contribution >= 0.6 is 0 Å². The van der Waals surface area contributed by atoms with Crippen molar-refractivity contribution in [2.75, 3.05) is 7.11 Å². The monoisotopic (exact) mass is 220 g/mol. The van der Waals surface area contributed by atoms with Gasteiger partial charge in [0.1, 0.15) is 17.4 Å². The van der Waals surface area contributed by atoms with E-state index in [0.717, 1.165) is 0 Å². The predicted molar refractivity (Wildman–Crippen MR) is 58.3 cm³/mol. The summed E-state index contributed by atoms with van der Waals surface area (Å²) in [4.78, 5) is 0. The van der Waals surface area contributed by atoms with Crippen LogP contribution in [0.3, 0.4) is 0 Å². The molecule has 2 aromatic carbocycles. The minimum atomic E-state index is -0.496. The highest BCUT2D eigenvalue weighted by molar-refractivity contribution is 5.65. The standard InChI is InChI=1S/C13H10F2O/c1-16-9-6-7-11(13(15)8-9)10-4-2-3-5-12(10)14/h2-8H,1H3. The van der Waals surface area contributed by atoms with E-state index in [1.165, 1.54) is 25.3 Å². The van der Waals surface area contributed by atoms with Crippen LogP contribution in [0.1, 0.15) is 0 Å². The van der Waals surface area contributed by atoms with Gasteiger partial charge in [0.05, 0.1) is 7.11 Å². The Morgan fingerprint density at radius 1 is 0.875 bits per heavy atom. The molecule has 0 saturated heterocycles. The number of hydrogen-bond donors (Lipinski definition) is 0. The fourth-order valence-corrected chi connectivity index (χ4v) is 1.52. The molecule has 2 rings (SSSR count). The molecule has 1 nitrogen and oxygen atoms in total. The number of benzene rings is 2. The van der Waals surface area contributed by atoms with Crippen LogP contribution < -0.4 is 4.74 Å². The second-order valence-corrected chi connectivity index (χ2v) is 3.33. The molecule has 0 aliphatic carbocycles. The molecule has 0 saturated carbocycles. The molecule has 0 bridgehead atoms. The summed E-state index contributed by atoms with van der Waals surface area (Å²) in [5, 5.41) is 0. The molecule has 0 radical (unpaired) electrons. The van der Waals surface area contributed by atoms with E-state index in [1.807, 2.05) is 0 Å². The van der Waals surface area contributed by atoms with Crippen molar-refractivity contribution >= 4 is 0 Å². The molecule has 0 atom stereocenters. The Morgan fingerprint density at radius 2 is 1.56 bits per heavy atom. The van der Waals surface area contributed by atoms with Crippen molar-refractivity contribution in [2.24, 2.45) is 0 Å². The first kappa shape index (κ1) is 10.6. The van der Waals surface area contributed by atoms with Gasteiger partial charge < -0.3 is 4.74 Å². The molecule has 0 aromatic heterocycles. The Balaban J connectivity index is 2.53. The van der Waals surface area contributed by atoms with E-state index in [-0.39, 0.29) is 11.1 Å². The number of hydrogen-bond acceptors (Lipinski definition) is 1. The Bertz CT molecular complexity index is 509. The van der Waals surface area contributed by atoms with E-state index >= 15 is 0 Å². The lowest BCUT2D eigenvalue weighted by Gasteiger charge is -2.06. The summed E-state index contributed by atoms with van der Waals surface area (Å²) in [7, 11) is 1.46. The van der Waals surface area contributed by atoms with Crippen molar-refractivity contribution in [1.29, 1.82) is 0 Å². The summed E-state index contributed by atoms with van der Waals surface area (Å²) in [6.45, 7) is 0. The lowest BCUT2D eigenvalue weighted by molar-refractivity contribution is 0.411. The highest BCUT2D eigenvalue weighted by Gasteiger charge is 2.09. The largest absolute Gasteiger partial charge is 0.497 e. The summed E-state index contributed by atoms with van der Waals surface area (Å²) in [6, 6.07) is 10.4. The average Bonchev–Trinajstić information content (AvgIpc) is 2.30. The van der Waals surface area contributed by atoms with Crippen LogP contribution in [0.25, 0.3) is 11.1 Å². The van der Waals surface area contributed by atoms with Crippen molar-refractivity contribution < 1.29 is 13.5 Å². The fourth-order valence-electron chi connectivity index (χ4n) is 1.52. The zero-order chi connectivity index (χ0) is 11.5. The average molecular weight is 220 g/mol. The first-order valence-corrected chi connectivity index (χ1v) is 4.81. The summed E-state index contributed by atoms with van der Waals surface area (Å²) in [5.41, 5.74) is 0.488. The minimum absolute atomic E-state index is 0.235. The third kappa shape index (κ3) is 1.89. The van der Waals surface area contributed by atoms with Gasteiger partial charge >= 0.3 is 0 Å². The van der Waals surface area contributed by atoms with Gasteiger partial charge in [-0.3, -0.25) is 0 Å². The fraction of sp³-hybridized carbons (Fsp3) is 0.0769. The van der Waals surface area contributed by atoms with Gasteiger partial charge in [0.25, 0.3) is 0 Å². The number of halogens is 2. The van der Waals surface area contributed by atoms with Gasteiger partial charge in [-0.15, -0.1) is 0 Å². The van der Waals surface area contributed by atoms with E-state index in [0.29, 0.717) is 5.75 Å². The third-order valence-corrected chi connectivity index (χ3v) is 2.34. The predicted octanol–water partition coefficient (Wildman–Crippen LogP) is 3.64. The number of methoxy groups -OCH3 is 1. The molecule has 2 aromatic rings. The second kappa shape index (κ2) is 4.31. The molecule has 0 N–H and O–H groups in total. The third-order valence-electron chi connectivity index (χ3n) is 2.34. The quantitative estimate of drug-likeness (QED) is 0.750.